The fourth-order valence-electron chi connectivity index (χ4n) is 1.24. The van der Waals surface area contributed by atoms with Gasteiger partial charge in [0.05, 0.1) is 12.7 Å². The van der Waals surface area contributed by atoms with E-state index in [-0.39, 0.29) is 11.7 Å². The molecular formula is C8H13N3O2. The smallest absolute Gasteiger partial charge is 0.225 e. The summed E-state index contributed by atoms with van der Waals surface area (Å²) >= 11 is 0. The Bertz CT molecular complexity index is 265. The quantitative estimate of drug-likeness (QED) is 0.525. The number of piperidine rings is 1. The van der Waals surface area contributed by atoms with E-state index in [9.17, 15) is 4.79 Å². The van der Waals surface area contributed by atoms with Gasteiger partial charge in [-0.05, 0) is 6.42 Å². The third-order valence-corrected chi connectivity index (χ3v) is 1.87. The minimum Gasteiger partial charge on any atom is -0.482 e. The van der Waals surface area contributed by atoms with E-state index < -0.39 is 0 Å². The standard InChI is InChI=1S/C8H13N3O2/c1-10-8(13-2)5-3-4-6(12)11-7(5)9/h10H,3-4H2,1-2H3,(H2,9,11,12)/b8-5+. The van der Waals surface area contributed by atoms with Gasteiger partial charge >= 0.3 is 0 Å². The van der Waals surface area contributed by atoms with Crippen LogP contribution >= 0.6 is 0 Å². The number of nitrogens with one attached hydrogen (secondary N) is 3. The van der Waals surface area contributed by atoms with Gasteiger partial charge in [-0.3, -0.25) is 10.2 Å². The number of amides is 1. The van der Waals surface area contributed by atoms with Gasteiger partial charge in [0.2, 0.25) is 5.91 Å². The molecule has 1 amide bonds. The number of hydrogen-bond donors (Lipinski definition) is 3. The Morgan fingerprint density at radius 2 is 2.31 bits per heavy atom. The summed E-state index contributed by atoms with van der Waals surface area (Å²) in [5, 5.41) is 12.8. The molecule has 5 heteroatoms. The van der Waals surface area contributed by atoms with Gasteiger partial charge in [0, 0.05) is 13.5 Å². The Balaban J connectivity index is 2.86. The summed E-state index contributed by atoms with van der Waals surface area (Å²) in [6.45, 7) is 0. The zero-order valence-corrected chi connectivity index (χ0v) is 7.73. The summed E-state index contributed by atoms with van der Waals surface area (Å²) < 4.78 is 5.02. The van der Waals surface area contributed by atoms with Crippen molar-refractivity contribution in [1.82, 2.24) is 10.6 Å². The Kier molecular flexibility index (Phi) is 2.89. The van der Waals surface area contributed by atoms with E-state index in [0.717, 1.165) is 0 Å². The number of carbonyl (C=O) groups excluding carboxylic acids is 1. The van der Waals surface area contributed by atoms with E-state index in [1.165, 1.54) is 7.11 Å². The molecule has 3 N–H and O–H groups in total. The highest BCUT2D eigenvalue weighted by atomic mass is 16.5. The zero-order valence-electron chi connectivity index (χ0n) is 7.73. The lowest BCUT2D eigenvalue weighted by atomic mass is 10.1. The molecule has 1 fully saturated rings. The van der Waals surface area contributed by atoms with Crippen LogP contribution in [0.1, 0.15) is 12.8 Å². The van der Waals surface area contributed by atoms with Gasteiger partial charge in [0.15, 0.2) is 5.88 Å². The van der Waals surface area contributed by atoms with Crippen molar-refractivity contribution >= 4 is 11.7 Å². The molecular weight excluding hydrogens is 170 g/mol. The van der Waals surface area contributed by atoms with Gasteiger partial charge < -0.3 is 15.4 Å². The van der Waals surface area contributed by atoms with Crippen molar-refractivity contribution in [3.8, 4) is 0 Å². The fraction of sp³-hybridized carbons (Fsp3) is 0.500. The summed E-state index contributed by atoms with van der Waals surface area (Å²) in [5.41, 5.74) is 0.713. The summed E-state index contributed by atoms with van der Waals surface area (Å²) in [7, 11) is 3.25. The monoisotopic (exact) mass is 183 g/mol. The Morgan fingerprint density at radius 1 is 1.62 bits per heavy atom. The minimum atomic E-state index is -0.111. The molecule has 72 valence electrons. The summed E-state index contributed by atoms with van der Waals surface area (Å²) in [4.78, 5) is 10.9. The second-order valence-electron chi connectivity index (χ2n) is 2.68. The van der Waals surface area contributed by atoms with Gasteiger partial charge in [-0.15, -0.1) is 0 Å². The average molecular weight is 183 g/mol. The molecule has 0 aromatic rings. The molecule has 0 bridgehead atoms. The van der Waals surface area contributed by atoms with Crippen molar-refractivity contribution in [3.63, 3.8) is 0 Å². The highest BCUT2D eigenvalue weighted by Crippen LogP contribution is 2.14. The van der Waals surface area contributed by atoms with Crippen LogP contribution < -0.4 is 10.6 Å². The maximum Gasteiger partial charge on any atom is 0.225 e. The topological polar surface area (TPSA) is 74.2 Å². The predicted octanol–water partition coefficient (Wildman–Crippen LogP) is -0.0489. The average Bonchev–Trinajstić information content (AvgIpc) is 2.10. The highest BCUT2D eigenvalue weighted by Gasteiger charge is 2.20. The molecule has 0 aromatic heterocycles. The van der Waals surface area contributed by atoms with E-state index in [4.69, 9.17) is 10.1 Å². The van der Waals surface area contributed by atoms with Crippen molar-refractivity contribution in [2.24, 2.45) is 0 Å². The second-order valence-corrected chi connectivity index (χ2v) is 2.68. The first-order chi connectivity index (χ1) is 6.19. The third-order valence-electron chi connectivity index (χ3n) is 1.87. The van der Waals surface area contributed by atoms with E-state index >= 15 is 0 Å². The summed E-state index contributed by atoms with van der Waals surface area (Å²) in [5.74, 6) is 0.563. The summed E-state index contributed by atoms with van der Waals surface area (Å²) in [6, 6.07) is 0. The first-order valence-electron chi connectivity index (χ1n) is 4.02. The summed E-state index contributed by atoms with van der Waals surface area (Å²) in [6.07, 6.45) is 0.959. The second kappa shape index (κ2) is 3.93. The molecule has 0 atom stereocenters. The van der Waals surface area contributed by atoms with Crippen LogP contribution in [0.25, 0.3) is 0 Å². The number of hydrogen-bond acceptors (Lipinski definition) is 4. The SMILES string of the molecule is CN/C(OC)=C1/CCC(=O)NC1=N. The molecule has 1 rings (SSSR count). The van der Waals surface area contributed by atoms with Gasteiger partial charge in [-0.1, -0.05) is 0 Å². The maximum atomic E-state index is 10.9. The van der Waals surface area contributed by atoms with Crippen molar-refractivity contribution in [2.75, 3.05) is 14.2 Å². The van der Waals surface area contributed by atoms with Crippen LogP contribution in [0.5, 0.6) is 0 Å². The lowest BCUT2D eigenvalue weighted by Crippen LogP contribution is -2.37. The number of methoxy groups -OCH3 is 1. The third kappa shape index (κ3) is 1.99. The highest BCUT2D eigenvalue weighted by molar-refractivity contribution is 6.08. The fourth-order valence-corrected chi connectivity index (χ4v) is 1.24. The maximum absolute atomic E-state index is 10.9. The lowest BCUT2D eigenvalue weighted by molar-refractivity contribution is -0.119. The normalized spacial score (nSPS) is 20.8. The van der Waals surface area contributed by atoms with E-state index in [1.807, 2.05) is 0 Å². The van der Waals surface area contributed by atoms with Gasteiger partial charge in [0.25, 0.3) is 0 Å². The van der Waals surface area contributed by atoms with Crippen LogP contribution in [0.2, 0.25) is 0 Å². The lowest BCUT2D eigenvalue weighted by Gasteiger charge is -2.19. The molecule has 1 aliphatic heterocycles. The molecule has 5 nitrogen and oxygen atoms in total. The number of ether oxygens (including phenoxy) is 1. The van der Waals surface area contributed by atoms with E-state index in [1.54, 1.807) is 7.05 Å². The van der Waals surface area contributed by atoms with Crippen LogP contribution in [0.15, 0.2) is 11.5 Å². The van der Waals surface area contributed by atoms with Gasteiger partial charge in [0.1, 0.15) is 5.84 Å². The molecule has 0 aromatic carbocycles. The van der Waals surface area contributed by atoms with E-state index in [2.05, 4.69) is 10.6 Å². The molecule has 1 aliphatic rings. The van der Waals surface area contributed by atoms with E-state index in [0.29, 0.717) is 24.3 Å². The van der Waals surface area contributed by atoms with Gasteiger partial charge in [-0.25, -0.2) is 0 Å². The number of carbonyl (C=O) groups is 1. The molecule has 0 saturated carbocycles. The largest absolute Gasteiger partial charge is 0.482 e. The van der Waals surface area contributed by atoms with Crippen molar-refractivity contribution in [2.45, 2.75) is 12.8 Å². The first-order valence-corrected chi connectivity index (χ1v) is 4.02. The van der Waals surface area contributed by atoms with Crippen LogP contribution in [0, 0.1) is 5.41 Å². The van der Waals surface area contributed by atoms with Gasteiger partial charge in [-0.2, -0.15) is 0 Å². The van der Waals surface area contributed by atoms with Crippen molar-refractivity contribution in [1.29, 1.82) is 5.41 Å². The molecule has 13 heavy (non-hydrogen) atoms. The molecule has 0 unspecified atom stereocenters. The predicted molar refractivity (Wildman–Crippen MR) is 48.2 cm³/mol. The number of amidine groups is 1. The zero-order chi connectivity index (χ0) is 9.84. The minimum absolute atomic E-state index is 0.111. The van der Waals surface area contributed by atoms with Crippen LogP contribution in [0.3, 0.4) is 0 Å². The Morgan fingerprint density at radius 3 is 2.77 bits per heavy atom. The Labute approximate surface area is 76.7 Å². The Hall–Kier alpha value is -1.52. The molecule has 1 heterocycles. The first kappa shape index (κ1) is 9.57. The molecule has 0 spiro atoms. The molecule has 1 saturated heterocycles. The van der Waals surface area contributed by atoms with Crippen LogP contribution in [-0.2, 0) is 9.53 Å². The van der Waals surface area contributed by atoms with Crippen LogP contribution in [-0.4, -0.2) is 25.9 Å². The van der Waals surface area contributed by atoms with Crippen molar-refractivity contribution in [3.05, 3.63) is 11.5 Å². The van der Waals surface area contributed by atoms with Crippen LogP contribution in [0.4, 0.5) is 0 Å². The van der Waals surface area contributed by atoms with Crippen molar-refractivity contribution < 1.29 is 9.53 Å². The molecule has 0 radical (unpaired) electrons. The number of rotatable bonds is 2. The molecule has 0 aliphatic carbocycles.